The number of halogens is 1. The highest BCUT2D eigenvalue weighted by Crippen LogP contribution is 2.30. The number of amides is 2. The fraction of sp³-hybridized carbons (Fsp3) is 0.562. The quantitative estimate of drug-likeness (QED) is 0.768. The van der Waals surface area contributed by atoms with Crippen LogP contribution >= 0.6 is 11.6 Å². The molecule has 0 unspecified atom stereocenters. The average molecular weight is 353 g/mol. The molecule has 0 atom stereocenters. The maximum Gasteiger partial charge on any atom is 0.266 e. The topological polar surface area (TPSA) is 85.5 Å². The Morgan fingerprint density at radius 2 is 1.96 bits per heavy atom. The summed E-state index contributed by atoms with van der Waals surface area (Å²) < 4.78 is 0. The molecule has 0 aliphatic carbocycles. The minimum Gasteiger partial charge on any atom is -0.354 e. The molecule has 2 fully saturated rings. The number of hydrogen-bond donors (Lipinski definition) is 2. The molecule has 2 saturated heterocycles. The molecule has 130 valence electrons. The second kappa shape index (κ2) is 6.57. The summed E-state index contributed by atoms with van der Waals surface area (Å²) >= 11 is 5.80. The van der Waals surface area contributed by atoms with Gasteiger partial charge in [0.2, 0.25) is 5.91 Å². The number of nitrogens with one attached hydrogen (secondary N) is 2. The zero-order valence-electron chi connectivity index (χ0n) is 13.6. The summed E-state index contributed by atoms with van der Waals surface area (Å²) in [5.41, 5.74) is -0.590. The molecule has 1 aromatic heterocycles. The van der Waals surface area contributed by atoms with E-state index >= 15 is 0 Å². The SMILES string of the molecule is CN1CCCNC(=O)C12CCN(C(=O)c1c[nH]c(=O)c(Cl)c1)CC2. The summed E-state index contributed by atoms with van der Waals surface area (Å²) in [4.78, 5) is 42.7. The molecule has 3 rings (SSSR count). The van der Waals surface area contributed by atoms with Crippen molar-refractivity contribution < 1.29 is 9.59 Å². The van der Waals surface area contributed by atoms with E-state index < -0.39 is 11.1 Å². The van der Waals surface area contributed by atoms with E-state index in [1.165, 1.54) is 12.3 Å². The van der Waals surface area contributed by atoms with Crippen LogP contribution in [0.5, 0.6) is 0 Å². The Hall–Kier alpha value is -1.86. The molecule has 7 nitrogen and oxygen atoms in total. The number of likely N-dealkylation sites (tertiary alicyclic amines) is 1. The molecule has 2 amide bonds. The highest BCUT2D eigenvalue weighted by molar-refractivity contribution is 6.30. The lowest BCUT2D eigenvalue weighted by molar-refractivity contribution is -0.134. The summed E-state index contributed by atoms with van der Waals surface area (Å²) in [5, 5.41) is 2.98. The summed E-state index contributed by atoms with van der Waals surface area (Å²) in [7, 11) is 1.98. The predicted octanol–water partition coefficient (Wildman–Crippen LogP) is 0.455. The van der Waals surface area contributed by atoms with Gasteiger partial charge in [-0.3, -0.25) is 19.3 Å². The van der Waals surface area contributed by atoms with Gasteiger partial charge in [-0.05, 0) is 32.4 Å². The first-order chi connectivity index (χ1) is 11.4. The van der Waals surface area contributed by atoms with Gasteiger partial charge in [0.05, 0.1) is 5.56 Å². The van der Waals surface area contributed by atoms with E-state index in [4.69, 9.17) is 11.6 Å². The number of aromatic amines is 1. The van der Waals surface area contributed by atoms with Crippen molar-refractivity contribution in [1.29, 1.82) is 0 Å². The smallest absolute Gasteiger partial charge is 0.266 e. The van der Waals surface area contributed by atoms with Gasteiger partial charge in [-0.1, -0.05) is 11.6 Å². The minimum absolute atomic E-state index is 0.00258. The molecule has 3 heterocycles. The van der Waals surface area contributed by atoms with Crippen molar-refractivity contribution in [3.05, 3.63) is 33.2 Å². The third-order valence-corrected chi connectivity index (χ3v) is 5.37. The fourth-order valence-electron chi connectivity index (χ4n) is 3.52. The van der Waals surface area contributed by atoms with E-state index in [2.05, 4.69) is 15.2 Å². The monoisotopic (exact) mass is 352 g/mol. The highest BCUT2D eigenvalue weighted by atomic mass is 35.5. The van der Waals surface area contributed by atoms with Crippen molar-refractivity contribution in [2.45, 2.75) is 24.8 Å². The second-order valence-electron chi connectivity index (χ2n) is 6.42. The molecule has 0 saturated carbocycles. The number of piperidine rings is 1. The maximum absolute atomic E-state index is 12.6. The number of carbonyl (C=O) groups is 2. The largest absolute Gasteiger partial charge is 0.354 e. The van der Waals surface area contributed by atoms with Gasteiger partial charge in [-0.25, -0.2) is 0 Å². The first-order valence-corrected chi connectivity index (χ1v) is 8.49. The van der Waals surface area contributed by atoms with Crippen molar-refractivity contribution in [3.63, 3.8) is 0 Å². The lowest BCUT2D eigenvalue weighted by Crippen LogP contribution is -2.61. The van der Waals surface area contributed by atoms with Gasteiger partial charge in [-0.15, -0.1) is 0 Å². The molecular weight excluding hydrogens is 332 g/mol. The lowest BCUT2D eigenvalue weighted by atomic mass is 9.85. The normalized spacial score (nSPS) is 21.4. The maximum atomic E-state index is 12.6. The molecule has 2 N–H and O–H groups in total. The molecule has 0 radical (unpaired) electrons. The van der Waals surface area contributed by atoms with Crippen molar-refractivity contribution in [3.8, 4) is 0 Å². The molecule has 2 aliphatic rings. The summed E-state index contributed by atoms with van der Waals surface area (Å²) in [6.45, 7) is 2.55. The number of carbonyl (C=O) groups excluding carboxylic acids is 2. The van der Waals surface area contributed by atoms with E-state index in [-0.39, 0.29) is 16.8 Å². The van der Waals surface area contributed by atoms with E-state index in [0.717, 1.165) is 13.0 Å². The summed E-state index contributed by atoms with van der Waals surface area (Å²) in [6, 6.07) is 1.39. The van der Waals surface area contributed by atoms with Crippen LogP contribution < -0.4 is 10.9 Å². The Kier molecular flexibility index (Phi) is 4.64. The molecule has 2 aliphatic heterocycles. The first kappa shape index (κ1) is 17.0. The Morgan fingerprint density at radius 1 is 1.25 bits per heavy atom. The van der Waals surface area contributed by atoms with Gasteiger partial charge in [-0.2, -0.15) is 0 Å². The van der Waals surface area contributed by atoms with Crippen LogP contribution in [0.1, 0.15) is 29.6 Å². The van der Waals surface area contributed by atoms with E-state index in [9.17, 15) is 14.4 Å². The van der Waals surface area contributed by atoms with Crippen molar-refractivity contribution in [2.75, 3.05) is 33.2 Å². The van der Waals surface area contributed by atoms with Crippen LogP contribution in [-0.2, 0) is 4.79 Å². The molecule has 0 aromatic carbocycles. The standard InChI is InChI=1S/C16H21ClN4O3/c1-20-6-2-5-18-15(24)16(20)3-7-21(8-4-16)14(23)11-9-12(17)13(22)19-10-11/h9-10H,2-8H2,1H3,(H,18,24)(H,19,22). The number of pyridine rings is 1. The number of hydrogen-bond acceptors (Lipinski definition) is 4. The molecule has 8 heteroatoms. The van der Waals surface area contributed by atoms with Crippen LogP contribution in [0.3, 0.4) is 0 Å². The zero-order chi connectivity index (χ0) is 17.3. The number of rotatable bonds is 1. The summed E-state index contributed by atoms with van der Waals surface area (Å²) in [5.74, 6) is -0.124. The Bertz CT molecular complexity index is 710. The minimum atomic E-state index is -0.532. The van der Waals surface area contributed by atoms with Crippen LogP contribution in [0.15, 0.2) is 17.1 Å². The van der Waals surface area contributed by atoms with Gasteiger partial charge in [0, 0.05) is 32.4 Å². The van der Waals surface area contributed by atoms with E-state index in [1.807, 2.05) is 7.05 Å². The van der Waals surface area contributed by atoms with Crippen molar-refractivity contribution >= 4 is 23.4 Å². The second-order valence-corrected chi connectivity index (χ2v) is 6.83. The van der Waals surface area contributed by atoms with Gasteiger partial charge < -0.3 is 15.2 Å². The van der Waals surface area contributed by atoms with Gasteiger partial charge in [0.25, 0.3) is 11.5 Å². The predicted molar refractivity (Wildman–Crippen MR) is 90.2 cm³/mol. The third-order valence-electron chi connectivity index (χ3n) is 5.09. The molecule has 1 spiro atoms. The third kappa shape index (κ3) is 2.93. The highest BCUT2D eigenvalue weighted by Gasteiger charge is 2.46. The zero-order valence-corrected chi connectivity index (χ0v) is 14.4. The average Bonchev–Trinajstić information content (AvgIpc) is 2.71. The molecular formula is C16H21ClN4O3. The fourth-order valence-corrected chi connectivity index (χ4v) is 3.69. The Balaban J connectivity index is 1.74. The molecule has 1 aromatic rings. The van der Waals surface area contributed by atoms with E-state index in [1.54, 1.807) is 4.90 Å². The van der Waals surface area contributed by atoms with E-state index in [0.29, 0.717) is 38.0 Å². The van der Waals surface area contributed by atoms with Crippen LogP contribution in [-0.4, -0.2) is 65.4 Å². The van der Waals surface area contributed by atoms with Crippen LogP contribution in [0.25, 0.3) is 0 Å². The Morgan fingerprint density at radius 3 is 2.62 bits per heavy atom. The number of likely N-dealkylation sites (N-methyl/N-ethyl adjacent to an activating group) is 1. The Labute approximate surface area is 145 Å². The van der Waals surface area contributed by atoms with Crippen LogP contribution in [0.4, 0.5) is 0 Å². The van der Waals surface area contributed by atoms with Crippen molar-refractivity contribution in [2.24, 2.45) is 0 Å². The summed E-state index contributed by atoms with van der Waals surface area (Å²) in [6.07, 6.45) is 3.50. The van der Waals surface area contributed by atoms with Crippen LogP contribution in [0.2, 0.25) is 5.02 Å². The number of nitrogens with zero attached hydrogens (tertiary/aromatic N) is 2. The van der Waals surface area contributed by atoms with Gasteiger partial charge >= 0.3 is 0 Å². The number of aromatic nitrogens is 1. The van der Waals surface area contributed by atoms with Crippen molar-refractivity contribution in [1.82, 2.24) is 20.1 Å². The molecule has 0 bridgehead atoms. The lowest BCUT2D eigenvalue weighted by Gasteiger charge is -2.44. The van der Waals surface area contributed by atoms with Gasteiger partial charge in [0.15, 0.2) is 0 Å². The van der Waals surface area contributed by atoms with Gasteiger partial charge in [0.1, 0.15) is 10.6 Å². The number of H-pyrrole nitrogens is 1. The molecule has 24 heavy (non-hydrogen) atoms. The first-order valence-electron chi connectivity index (χ1n) is 8.11. The van der Waals surface area contributed by atoms with Crippen LogP contribution in [0, 0.1) is 0 Å².